The van der Waals surface area contributed by atoms with Crippen molar-refractivity contribution in [2.45, 2.75) is 24.8 Å². The van der Waals surface area contributed by atoms with Gasteiger partial charge in [-0.2, -0.15) is 0 Å². The molecule has 142 valence electrons. The summed E-state index contributed by atoms with van der Waals surface area (Å²) in [5.74, 6) is 2.19. The van der Waals surface area contributed by atoms with E-state index in [9.17, 15) is 0 Å². The lowest BCUT2D eigenvalue weighted by Gasteiger charge is -2.24. The van der Waals surface area contributed by atoms with Crippen LogP contribution >= 0.6 is 11.8 Å². The van der Waals surface area contributed by atoms with E-state index in [4.69, 9.17) is 9.21 Å². The van der Waals surface area contributed by atoms with Gasteiger partial charge in [0.2, 0.25) is 6.41 Å². The molecule has 5 heteroatoms. The minimum absolute atomic E-state index is 0.250. The Morgan fingerprint density at radius 2 is 1.78 bits per heavy atom. The van der Waals surface area contributed by atoms with E-state index >= 15 is 0 Å². The molecule has 1 aliphatic heterocycles. The van der Waals surface area contributed by atoms with Gasteiger partial charge in [-0.25, -0.2) is 0 Å². The maximum atomic E-state index is 8.58. The van der Waals surface area contributed by atoms with Gasteiger partial charge in [0.1, 0.15) is 5.76 Å². The van der Waals surface area contributed by atoms with Crippen LogP contribution in [-0.2, 0) is 11.3 Å². The monoisotopic (exact) mass is 382 g/mol. The molecule has 1 amide bonds. The van der Waals surface area contributed by atoms with Crippen molar-refractivity contribution >= 4 is 23.9 Å². The van der Waals surface area contributed by atoms with Crippen molar-refractivity contribution in [3.63, 3.8) is 0 Å². The number of rotatable bonds is 2. The quantitative estimate of drug-likeness (QED) is 0.642. The fraction of sp³-hybridized carbons (Fsp3) is 0.227. The summed E-state index contributed by atoms with van der Waals surface area (Å²) in [6.45, 7) is 4.08. The topological polar surface area (TPSA) is 59.5 Å². The summed E-state index contributed by atoms with van der Waals surface area (Å²) < 4.78 is 4.83. The maximum Gasteiger partial charge on any atom is 0.204 e. The Hall–Kier alpha value is -2.66. The van der Waals surface area contributed by atoms with Crippen LogP contribution in [0.25, 0.3) is 0 Å². The molecule has 4 nitrogen and oxygen atoms in total. The normalized spacial score (nSPS) is 12.4. The summed E-state index contributed by atoms with van der Waals surface area (Å²) in [5, 5.41) is 0. The number of carbonyl (C=O) groups excluding carboxylic acids is 1. The van der Waals surface area contributed by atoms with Gasteiger partial charge in [0.15, 0.2) is 0 Å². The van der Waals surface area contributed by atoms with Crippen LogP contribution in [0.1, 0.15) is 17.7 Å². The molecule has 2 heterocycles. The number of para-hydroxylation sites is 1. The van der Waals surface area contributed by atoms with Crippen molar-refractivity contribution in [1.29, 1.82) is 0 Å². The van der Waals surface area contributed by atoms with Crippen molar-refractivity contribution in [3.05, 3.63) is 84.3 Å². The van der Waals surface area contributed by atoms with Crippen molar-refractivity contribution in [2.75, 3.05) is 17.2 Å². The molecule has 4 rings (SSSR count). The Balaban J connectivity index is 0.000000242. The number of fused-ring (bicyclic) bond motifs is 1. The van der Waals surface area contributed by atoms with E-state index in [0.29, 0.717) is 0 Å². The Bertz CT molecular complexity index is 776. The van der Waals surface area contributed by atoms with Crippen LogP contribution in [-0.4, -0.2) is 18.7 Å². The van der Waals surface area contributed by atoms with Gasteiger partial charge >= 0.3 is 0 Å². The van der Waals surface area contributed by atoms with Crippen LogP contribution in [0, 0.1) is 6.92 Å². The van der Waals surface area contributed by atoms with Gasteiger partial charge < -0.3 is 15.1 Å². The summed E-state index contributed by atoms with van der Waals surface area (Å²) in [6.07, 6.45) is 3.17. The molecule has 0 radical (unpaired) electrons. The highest BCUT2D eigenvalue weighted by Crippen LogP contribution is 2.34. The van der Waals surface area contributed by atoms with Gasteiger partial charge in [0.05, 0.1) is 12.0 Å². The van der Waals surface area contributed by atoms with E-state index in [1.54, 1.807) is 6.26 Å². The van der Waals surface area contributed by atoms with E-state index in [-0.39, 0.29) is 6.41 Å². The van der Waals surface area contributed by atoms with Crippen LogP contribution in [0.4, 0.5) is 5.69 Å². The Kier molecular flexibility index (Phi) is 9.07. The first kappa shape index (κ1) is 20.6. The predicted molar refractivity (Wildman–Crippen MR) is 113 cm³/mol. The standard InChI is InChI=1S/C16H17NS.C5H6O.CH3NO/c1-2-7-14(8-3-1)13-17-11-6-12-18-16-10-5-4-9-15(16)17;1-5-3-2-4-6-5;2-1-3/h1-5,7-10H,6,11-13H2;2-4H,1H3;1H,(H2,2,3). The fourth-order valence-electron chi connectivity index (χ4n) is 2.73. The molecule has 0 atom stereocenters. The second-order valence-corrected chi connectivity index (χ2v) is 7.07. The Labute approximate surface area is 165 Å². The van der Waals surface area contributed by atoms with E-state index in [0.717, 1.165) is 18.8 Å². The highest BCUT2D eigenvalue weighted by molar-refractivity contribution is 7.99. The highest BCUT2D eigenvalue weighted by Gasteiger charge is 2.15. The minimum atomic E-state index is 0.250. The molecule has 0 bridgehead atoms. The lowest BCUT2D eigenvalue weighted by Crippen LogP contribution is -2.23. The van der Waals surface area contributed by atoms with Crippen molar-refractivity contribution < 1.29 is 9.21 Å². The zero-order valence-electron chi connectivity index (χ0n) is 15.6. The summed E-state index contributed by atoms with van der Waals surface area (Å²) in [7, 11) is 0. The molecule has 1 aliphatic rings. The second-order valence-electron chi connectivity index (χ2n) is 5.94. The molecule has 0 aliphatic carbocycles. The summed E-state index contributed by atoms with van der Waals surface area (Å²) >= 11 is 1.98. The van der Waals surface area contributed by atoms with Gasteiger partial charge in [0, 0.05) is 18.0 Å². The Morgan fingerprint density at radius 3 is 2.41 bits per heavy atom. The molecule has 0 unspecified atom stereocenters. The number of furan rings is 1. The van der Waals surface area contributed by atoms with Gasteiger partial charge in [0.25, 0.3) is 0 Å². The Morgan fingerprint density at radius 1 is 1.07 bits per heavy atom. The minimum Gasteiger partial charge on any atom is -0.470 e. The zero-order chi connectivity index (χ0) is 19.3. The second kappa shape index (κ2) is 11.9. The summed E-state index contributed by atoms with van der Waals surface area (Å²) in [6, 6.07) is 23.3. The van der Waals surface area contributed by atoms with E-state index in [1.165, 1.54) is 28.3 Å². The third-order valence-corrected chi connectivity index (χ3v) is 5.06. The van der Waals surface area contributed by atoms with Crippen molar-refractivity contribution in [1.82, 2.24) is 0 Å². The highest BCUT2D eigenvalue weighted by atomic mass is 32.2. The van der Waals surface area contributed by atoms with E-state index < -0.39 is 0 Å². The van der Waals surface area contributed by atoms with Gasteiger partial charge in [-0.1, -0.05) is 42.5 Å². The number of hydrogen-bond donors (Lipinski definition) is 1. The molecular formula is C22H26N2O2S. The number of hydrogen-bond acceptors (Lipinski definition) is 4. The number of benzene rings is 2. The van der Waals surface area contributed by atoms with Crippen LogP contribution in [0.5, 0.6) is 0 Å². The molecular weight excluding hydrogens is 356 g/mol. The maximum absolute atomic E-state index is 8.58. The van der Waals surface area contributed by atoms with Gasteiger partial charge in [-0.3, -0.25) is 4.79 Å². The molecule has 2 aromatic carbocycles. The average Bonchev–Trinajstić information content (AvgIpc) is 3.08. The lowest BCUT2D eigenvalue weighted by molar-refractivity contribution is -0.106. The molecule has 1 aromatic heterocycles. The van der Waals surface area contributed by atoms with Crippen LogP contribution in [0.3, 0.4) is 0 Å². The summed E-state index contributed by atoms with van der Waals surface area (Å²) in [5.41, 5.74) is 6.95. The molecule has 3 aromatic rings. The number of thioether (sulfide) groups is 1. The third-order valence-electron chi connectivity index (χ3n) is 3.92. The number of anilines is 1. The van der Waals surface area contributed by atoms with Crippen LogP contribution in [0.15, 0.2) is 82.3 Å². The number of aryl methyl sites for hydroxylation is 1. The molecule has 2 N–H and O–H groups in total. The first-order valence-electron chi connectivity index (χ1n) is 8.90. The third kappa shape index (κ3) is 7.23. The van der Waals surface area contributed by atoms with Crippen LogP contribution < -0.4 is 10.6 Å². The lowest BCUT2D eigenvalue weighted by atomic mass is 10.2. The first-order chi connectivity index (χ1) is 13.2. The van der Waals surface area contributed by atoms with Crippen molar-refractivity contribution in [3.8, 4) is 0 Å². The molecule has 0 spiro atoms. The predicted octanol–water partition coefficient (Wildman–Crippen LogP) is 4.88. The number of nitrogens with zero attached hydrogens (tertiary/aromatic N) is 1. The SMILES string of the molecule is Cc1ccco1.NC=O.c1ccc(CN2CCCSc3ccccc32)cc1. The summed E-state index contributed by atoms with van der Waals surface area (Å²) in [4.78, 5) is 12.5. The first-order valence-corrected chi connectivity index (χ1v) is 9.89. The molecule has 0 fully saturated rings. The van der Waals surface area contributed by atoms with Crippen LogP contribution in [0.2, 0.25) is 0 Å². The number of carbonyl (C=O) groups is 1. The average molecular weight is 383 g/mol. The molecule has 0 saturated carbocycles. The number of nitrogens with two attached hydrogens (primary N) is 1. The number of amides is 1. The smallest absolute Gasteiger partial charge is 0.204 e. The fourth-order valence-corrected chi connectivity index (χ4v) is 3.74. The number of primary amides is 1. The molecule has 0 saturated heterocycles. The van der Waals surface area contributed by atoms with E-state index in [2.05, 4.69) is 65.2 Å². The zero-order valence-corrected chi connectivity index (χ0v) is 16.4. The molecule has 27 heavy (non-hydrogen) atoms. The van der Waals surface area contributed by atoms with E-state index in [1.807, 2.05) is 30.8 Å². The van der Waals surface area contributed by atoms with Crippen molar-refractivity contribution in [2.24, 2.45) is 5.73 Å². The largest absolute Gasteiger partial charge is 0.470 e. The van der Waals surface area contributed by atoms with Gasteiger partial charge in [-0.05, 0) is 48.9 Å². The van der Waals surface area contributed by atoms with Gasteiger partial charge in [-0.15, -0.1) is 11.8 Å².